The third kappa shape index (κ3) is 2.84. The highest BCUT2D eigenvalue weighted by Gasteiger charge is 2.15. The molecule has 0 spiro atoms. The summed E-state index contributed by atoms with van der Waals surface area (Å²) in [5.74, 6) is 0.649. The zero-order valence-corrected chi connectivity index (χ0v) is 13.7. The highest BCUT2D eigenvalue weighted by atomic mass is 79.9. The van der Waals surface area contributed by atoms with Gasteiger partial charge in [0, 0.05) is 12.6 Å². The summed E-state index contributed by atoms with van der Waals surface area (Å²) in [5.41, 5.74) is 1.76. The van der Waals surface area contributed by atoms with E-state index in [0.717, 1.165) is 29.9 Å². The number of nitrogens with one attached hydrogen (secondary N) is 1. The van der Waals surface area contributed by atoms with E-state index in [9.17, 15) is 4.39 Å². The smallest absolute Gasteiger partial charge is 0.178 e. The Kier molecular flexibility index (Phi) is 4.26. The largest absolute Gasteiger partial charge is 0.331 e. The molecule has 2 nitrogen and oxygen atoms in total. The van der Waals surface area contributed by atoms with Crippen LogP contribution in [0.2, 0.25) is 0 Å². The van der Waals surface area contributed by atoms with Gasteiger partial charge < -0.3 is 9.55 Å². The predicted molar refractivity (Wildman–Crippen MR) is 86.0 cm³/mol. The van der Waals surface area contributed by atoms with E-state index in [1.807, 2.05) is 4.57 Å². The quantitative estimate of drug-likeness (QED) is 0.710. The van der Waals surface area contributed by atoms with Crippen LogP contribution in [0.1, 0.15) is 38.5 Å². The van der Waals surface area contributed by atoms with Crippen molar-refractivity contribution in [2.24, 2.45) is 5.92 Å². The van der Waals surface area contributed by atoms with E-state index in [1.165, 1.54) is 32.1 Å². The molecule has 1 aliphatic rings. The van der Waals surface area contributed by atoms with E-state index < -0.39 is 0 Å². The van der Waals surface area contributed by atoms with Crippen LogP contribution in [-0.4, -0.2) is 9.55 Å². The standard InChI is InChI=1S/C15H18BrFN2S/c16-11-8-13-14(9-12(11)17)19(15(20)18-13)7-3-6-10-4-1-2-5-10/h8-10H,1-7H2,(H,18,20). The average molecular weight is 357 g/mol. The monoisotopic (exact) mass is 356 g/mol. The SMILES string of the molecule is Fc1cc2c(cc1Br)[nH]c(=S)n2CCCC1CCCC1. The van der Waals surface area contributed by atoms with E-state index >= 15 is 0 Å². The van der Waals surface area contributed by atoms with Crippen molar-refractivity contribution in [3.63, 3.8) is 0 Å². The molecule has 1 aromatic heterocycles. The predicted octanol–water partition coefficient (Wildman–Crippen LogP) is 5.57. The first kappa shape index (κ1) is 14.3. The molecule has 3 rings (SSSR count). The maximum absolute atomic E-state index is 13.7. The summed E-state index contributed by atoms with van der Waals surface area (Å²) < 4.78 is 16.9. The summed E-state index contributed by atoms with van der Waals surface area (Å²) in [6.45, 7) is 0.871. The minimum Gasteiger partial charge on any atom is -0.331 e. The fourth-order valence-electron chi connectivity index (χ4n) is 3.21. The third-order valence-corrected chi connectivity index (χ3v) is 5.22. The lowest BCUT2D eigenvalue weighted by molar-refractivity contribution is 0.460. The van der Waals surface area contributed by atoms with Crippen LogP contribution in [0.3, 0.4) is 0 Å². The number of imidazole rings is 1. The third-order valence-electron chi connectivity index (χ3n) is 4.28. The Morgan fingerprint density at radius 1 is 1.35 bits per heavy atom. The van der Waals surface area contributed by atoms with E-state index in [1.54, 1.807) is 12.1 Å². The number of aromatic amines is 1. The molecule has 2 aromatic rings. The van der Waals surface area contributed by atoms with Crippen LogP contribution in [0.15, 0.2) is 16.6 Å². The molecule has 1 saturated carbocycles. The molecule has 0 atom stereocenters. The van der Waals surface area contributed by atoms with E-state index in [-0.39, 0.29) is 5.82 Å². The molecule has 1 N–H and O–H groups in total. The Bertz CT molecular complexity index is 670. The van der Waals surface area contributed by atoms with Crippen LogP contribution in [-0.2, 0) is 6.54 Å². The number of hydrogen-bond acceptors (Lipinski definition) is 1. The lowest BCUT2D eigenvalue weighted by Crippen LogP contribution is -2.01. The number of H-pyrrole nitrogens is 1. The van der Waals surface area contributed by atoms with E-state index in [2.05, 4.69) is 20.9 Å². The second-order valence-electron chi connectivity index (χ2n) is 5.66. The topological polar surface area (TPSA) is 20.7 Å². The Morgan fingerprint density at radius 3 is 2.85 bits per heavy atom. The number of nitrogens with zero attached hydrogens (tertiary/aromatic N) is 1. The van der Waals surface area contributed by atoms with Crippen LogP contribution in [0.4, 0.5) is 4.39 Å². The summed E-state index contributed by atoms with van der Waals surface area (Å²) in [5, 5.41) is 0. The van der Waals surface area contributed by atoms with Crippen molar-refractivity contribution >= 4 is 39.2 Å². The Morgan fingerprint density at radius 2 is 2.10 bits per heavy atom. The average Bonchev–Trinajstić information content (AvgIpc) is 3.01. The van der Waals surface area contributed by atoms with E-state index in [4.69, 9.17) is 12.2 Å². The Balaban J connectivity index is 1.78. The van der Waals surface area contributed by atoms with Crippen molar-refractivity contribution in [2.75, 3.05) is 0 Å². The molecule has 108 valence electrons. The minimum atomic E-state index is -0.240. The highest BCUT2D eigenvalue weighted by molar-refractivity contribution is 9.10. The molecular weight excluding hydrogens is 339 g/mol. The summed E-state index contributed by atoms with van der Waals surface area (Å²) >= 11 is 8.57. The van der Waals surface area contributed by atoms with Gasteiger partial charge in [-0.2, -0.15) is 0 Å². The first-order valence-corrected chi connectivity index (χ1v) is 8.43. The number of rotatable bonds is 4. The van der Waals surface area contributed by atoms with Gasteiger partial charge in [0.25, 0.3) is 0 Å². The number of aryl methyl sites for hydroxylation is 1. The van der Waals surface area contributed by atoms with Gasteiger partial charge in [-0.25, -0.2) is 4.39 Å². The molecule has 1 fully saturated rings. The Hall–Kier alpha value is -0.680. The van der Waals surface area contributed by atoms with E-state index in [0.29, 0.717) is 9.24 Å². The second-order valence-corrected chi connectivity index (χ2v) is 6.90. The summed E-state index contributed by atoms with van der Waals surface area (Å²) in [7, 11) is 0. The lowest BCUT2D eigenvalue weighted by atomic mass is 10.0. The molecule has 0 aliphatic heterocycles. The van der Waals surface area contributed by atoms with Crippen molar-refractivity contribution in [1.29, 1.82) is 0 Å². The van der Waals surface area contributed by atoms with Crippen LogP contribution in [0, 0.1) is 16.5 Å². The number of fused-ring (bicyclic) bond motifs is 1. The fourth-order valence-corrected chi connectivity index (χ4v) is 3.85. The van der Waals surface area contributed by atoms with Gasteiger partial charge in [0.05, 0.1) is 15.5 Å². The van der Waals surface area contributed by atoms with Gasteiger partial charge in [-0.1, -0.05) is 25.7 Å². The number of halogens is 2. The number of hydrogen-bond donors (Lipinski definition) is 1. The van der Waals surface area contributed by atoms with Gasteiger partial charge in [-0.3, -0.25) is 0 Å². The highest BCUT2D eigenvalue weighted by Crippen LogP contribution is 2.29. The number of benzene rings is 1. The van der Waals surface area contributed by atoms with Gasteiger partial charge in [0.1, 0.15) is 5.82 Å². The molecule has 1 aliphatic carbocycles. The maximum atomic E-state index is 13.7. The van der Waals surface area contributed by atoms with Crippen molar-refractivity contribution < 1.29 is 4.39 Å². The summed E-state index contributed by atoms with van der Waals surface area (Å²) in [4.78, 5) is 3.15. The molecule has 5 heteroatoms. The lowest BCUT2D eigenvalue weighted by Gasteiger charge is -2.09. The van der Waals surface area contributed by atoms with Gasteiger partial charge in [0.15, 0.2) is 4.77 Å². The van der Waals surface area contributed by atoms with Crippen LogP contribution in [0.5, 0.6) is 0 Å². The minimum absolute atomic E-state index is 0.240. The van der Waals surface area contributed by atoms with Crippen molar-refractivity contribution in [3.05, 3.63) is 27.2 Å². The van der Waals surface area contributed by atoms with Crippen LogP contribution in [0.25, 0.3) is 11.0 Å². The zero-order valence-electron chi connectivity index (χ0n) is 11.3. The summed E-state index contributed by atoms with van der Waals surface area (Å²) in [6.07, 6.45) is 7.89. The molecular formula is C15H18BrFN2S. The van der Waals surface area contributed by atoms with Crippen molar-refractivity contribution in [1.82, 2.24) is 9.55 Å². The fraction of sp³-hybridized carbons (Fsp3) is 0.533. The maximum Gasteiger partial charge on any atom is 0.178 e. The van der Waals surface area contributed by atoms with Crippen LogP contribution < -0.4 is 0 Å². The molecule has 1 heterocycles. The molecule has 20 heavy (non-hydrogen) atoms. The van der Waals surface area contributed by atoms with Crippen LogP contribution >= 0.6 is 28.1 Å². The normalized spacial score (nSPS) is 16.3. The van der Waals surface area contributed by atoms with Gasteiger partial charge in [-0.15, -0.1) is 0 Å². The number of aromatic nitrogens is 2. The second kappa shape index (κ2) is 5.98. The molecule has 0 bridgehead atoms. The summed E-state index contributed by atoms with van der Waals surface area (Å²) in [6, 6.07) is 3.31. The van der Waals surface area contributed by atoms with Crippen molar-refractivity contribution in [2.45, 2.75) is 45.1 Å². The van der Waals surface area contributed by atoms with Gasteiger partial charge >= 0.3 is 0 Å². The first-order valence-electron chi connectivity index (χ1n) is 7.22. The molecule has 1 aromatic carbocycles. The van der Waals surface area contributed by atoms with Crippen molar-refractivity contribution in [3.8, 4) is 0 Å². The molecule has 0 saturated heterocycles. The van der Waals surface area contributed by atoms with Gasteiger partial charge in [-0.05, 0) is 53.0 Å². The van der Waals surface area contributed by atoms with Gasteiger partial charge in [0.2, 0.25) is 0 Å². The molecule has 0 unspecified atom stereocenters. The zero-order chi connectivity index (χ0) is 14.1. The Labute approximate surface area is 131 Å². The molecule has 0 amide bonds. The molecule has 0 radical (unpaired) electrons. The first-order chi connectivity index (χ1) is 9.65.